The van der Waals surface area contributed by atoms with Crippen molar-refractivity contribution in [3.05, 3.63) is 24.2 Å². The van der Waals surface area contributed by atoms with Gasteiger partial charge in [-0.2, -0.15) is 0 Å². The van der Waals surface area contributed by atoms with Crippen molar-refractivity contribution >= 4 is 5.78 Å². The number of likely N-dealkylation sites (tertiary alicyclic amines) is 1. The molecule has 0 amide bonds. The van der Waals surface area contributed by atoms with E-state index in [9.17, 15) is 4.79 Å². The van der Waals surface area contributed by atoms with E-state index >= 15 is 0 Å². The lowest BCUT2D eigenvalue weighted by Crippen LogP contribution is -2.31. The molecule has 0 aliphatic carbocycles. The second-order valence-electron chi connectivity index (χ2n) is 5.61. The van der Waals surface area contributed by atoms with Crippen molar-refractivity contribution in [3.8, 4) is 0 Å². The fraction of sp³-hybridized carbons (Fsp3) is 0.667. The van der Waals surface area contributed by atoms with Crippen LogP contribution in [0.3, 0.4) is 0 Å². The van der Waals surface area contributed by atoms with E-state index < -0.39 is 0 Å². The van der Waals surface area contributed by atoms with Crippen LogP contribution < -0.4 is 0 Å². The molecule has 1 aromatic heterocycles. The molecule has 0 aromatic carbocycles. The molecule has 0 N–H and O–H groups in total. The SMILES string of the molecule is CC(C)C1CCCN(CC(=O)c2ccco2)CC1. The Balaban J connectivity index is 1.85. The molecule has 3 nitrogen and oxygen atoms in total. The summed E-state index contributed by atoms with van der Waals surface area (Å²) >= 11 is 0. The molecule has 3 heteroatoms. The number of carbonyl (C=O) groups excluding carboxylic acids is 1. The first-order valence-corrected chi connectivity index (χ1v) is 6.96. The average molecular weight is 249 g/mol. The number of rotatable bonds is 4. The maximum atomic E-state index is 12.0. The van der Waals surface area contributed by atoms with Gasteiger partial charge in [0.25, 0.3) is 0 Å². The number of hydrogen-bond donors (Lipinski definition) is 0. The van der Waals surface area contributed by atoms with Gasteiger partial charge in [-0.05, 0) is 56.3 Å². The van der Waals surface area contributed by atoms with Crippen molar-refractivity contribution < 1.29 is 9.21 Å². The van der Waals surface area contributed by atoms with Gasteiger partial charge in [0.15, 0.2) is 5.76 Å². The summed E-state index contributed by atoms with van der Waals surface area (Å²) in [6.07, 6.45) is 5.27. The lowest BCUT2D eigenvalue weighted by Gasteiger charge is -2.20. The largest absolute Gasteiger partial charge is 0.461 e. The van der Waals surface area contributed by atoms with Gasteiger partial charge < -0.3 is 4.42 Å². The van der Waals surface area contributed by atoms with Crippen LogP contribution in [0.5, 0.6) is 0 Å². The van der Waals surface area contributed by atoms with Crippen molar-refractivity contribution in [2.75, 3.05) is 19.6 Å². The third-order valence-electron chi connectivity index (χ3n) is 3.97. The quantitative estimate of drug-likeness (QED) is 0.768. The molecular weight excluding hydrogens is 226 g/mol. The zero-order valence-electron chi connectivity index (χ0n) is 11.4. The van der Waals surface area contributed by atoms with Crippen LogP contribution in [0.2, 0.25) is 0 Å². The van der Waals surface area contributed by atoms with Gasteiger partial charge in [-0.1, -0.05) is 13.8 Å². The molecule has 18 heavy (non-hydrogen) atoms. The van der Waals surface area contributed by atoms with Crippen LogP contribution in [0.15, 0.2) is 22.8 Å². The maximum Gasteiger partial charge on any atom is 0.211 e. The Labute approximate surface area is 109 Å². The molecule has 1 atom stereocenters. The van der Waals surface area contributed by atoms with Crippen molar-refractivity contribution in [1.82, 2.24) is 4.90 Å². The van der Waals surface area contributed by atoms with E-state index in [1.54, 1.807) is 18.4 Å². The second kappa shape index (κ2) is 6.19. The summed E-state index contributed by atoms with van der Waals surface area (Å²) in [7, 11) is 0. The number of nitrogens with zero attached hydrogens (tertiary/aromatic N) is 1. The van der Waals surface area contributed by atoms with Crippen molar-refractivity contribution in [1.29, 1.82) is 0 Å². The van der Waals surface area contributed by atoms with Gasteiger partial charge in [-0.15, -0.1) is 0 Å². The standard InChI is InChI=1S/C15H23NO2/c1-12(2)13-5-3-8-16(9-7-13)11-14(17)15-6-4-10-18-15/h4,6,10,12-13H,3,5,7-9,11H2,1-2H3. The third kappa shape index (κ3) is 3.45. The Morgan fingerprint density at radius 3 is 2.94 bits per heavy atom. The summed E-state index contributed by atoms with van der Waals surface area (Å²) in [6, 6.07) is 3.52. The fourth-order valence-corrected chi connectivity index (χ4v) is 2.72. The minimum atomic E-state index is 0.1000. The molecule has 1 aliphatic rings. The Kier molecular flexibility index (Phi) is 4.59. The third-order valence-corrected chi connectivity index (χ3v) is 3.97. The Morgan fingerprint density at radius 2 is 2.28 bits per heavy atom. The van der Waals surface area contributed by atoms with Crippen molar-refractivity contribution in [3.63, 3.8) is 0 Å². The Hall–Kier alpha value is -1.09. The monoisotopic (exact) mass is 249 g/mol. The molecular formula is C15H23NO2. The van der Waals surface area contributed by atoms with E-state index in [-0.39, 0.29) is 5.78 Å². The molecule has 100 valence electrons. The number of ketones is 1. The van der Waals surface area contributed by atoms with Gasteiger partial charge in [-0.25, -0.2) is 0 Å². The Morgan fingerprint density at radius 1 is 1.44 bits per heavy atom. The number of hydrogen-bond acceptors (Lipinski definition) is 3. The van der Waals surface area contributed by atoms with Gasteiger partial charge in [0.2, 0.25) is 5.78 Å². The topological polar surface area (TPSA) is 33.5 Å². The van der Waals surface area contributed by atoms with Crippen molar-refractivity contribution in [2.45, 2.75) is 33.1 Å². The lowest BCUT2D eigenvalue weighted by molar-refractivity contribution is 0.0904. The molecule has 1 aliphatic heterocycles. The van der Waals surface area contributed by atoms with Crippen molar-refractivity contribution in [2.24, 2.45) is 11.8 Å². The first-order valence-electron chi connectivity index (χ1n) is 6.96. The predicted molar refractivity (Wildman–Crippen MR) is 71.7 cm³/mol. The normalized spacial score (nSPS) is 22.1. The summed E-state index contributed by atoms with van der Waals surface area (Å²) in [5.41, 5.74) is 0. The van der Waals surface area contributed by atoms with Crippen LogP contribution in [0.4, 0.5) is 0 Å². The highest BCUT2D eigenvalue weighted by Crippen LogP contribution is 2.24. The first-order chi connectivity index (χ1) is 8.66. The summed E-state index contributed by atoms with van der Waals surface area (Å²) in [6.45, 7) is 7.17. The van der Waals surface area contributed by atoms with E-state index in [1.807, 2.05) is 0 Å². The summed E-state index contributed by atoms with van der Waals surface area (Å²) in [4.78, 5) is 14.2. The molecule has 2 heterocycles. The number of Topliss-reactive ketones (excluding diaryl/α,β-unsaturated/α-hetero) is 1. The minimum Gasteiger partial charge on any atom is -0.461 e. The lowest BCUT2D eigenvalue weighted by atomic mass is 9.89. The van der Waals surface area contributed by atoms with E-state index in [2.05, 4.69) is 18.7 Å². The maximum absolute atomic E-state index is 12.0. The van der Waals surface area contributed by atoms with Crippen LogP contribution in [-0.2, 0) is 0 Å². The molecule has 1 fully saturated rings. The smallest absolute Gasteiger partial charge is 0.211 e. The van der Waals surface area contributed by atoms with E-state index in [1.165, 1.54) is 19.3 Å². The highest BCUT2D eigenvalue weighted by atomic mass is 16.3. The molecule has 0 saturated carbocycles. The van der Waals surface area contributed by atoms with E-state index in [4.69, 9.17) is 4.42 Å². The molecule has 2 rings (SSSR count). The number of furan rings is 1. The molecule has 0 radical (unpaired) electrons. The molecule has 0 bridgehead atoms. The zero-order chi connectivity index (χ0) is 13.0. The van der Waals surface area contributed by atoms with E-state index in [0.29, 0.717) is 12.3 Å². The van der Waals surface area contributed by atoms with Crippen LogP contribution in [0.25, 0.3) is 0 Å². The molecule has 0 spiro atoms. The van der Waals surface area contributed by atoms with Crippen LogP contribution in [0, 0.1) is 11.8 Å². The van der Waals surface area contributed by atoms with Gasteiger partial charge in [0, 0.05) is 0 Å². The highest BCUT2D eigenvalue weighted by Gasteiger charge is 2.21. The summed E-state index contributed by atoms with van der Waals surface area (Å²) < 4.78 is 5.15. The Bertz CT molecular complexity index is 370. The fourth-order valence-electron chi connectivity index (χ4n) is 2.72. The number of carbonyl (C=O) groups is 1. The van der Waals surface area contributed by atoms with Gasteiger partial charge in [-0.3, -0.25) is 9.69 Å². The highest BCUT2D eigenvalue weighted by molar-refractivity contribution is 5.94. The van der Waals surface area contributed by atoms with E-state index in [0.717, 1.165) is 24.9 Å². The predicted octanol–water partition coefficient (Wildman–Crippen LogP) is 3.22. The summed E-state index contributed by atoms with van der Waals surface area (Å²) in [5, 5.41) is 0. The summed E-state index contributed by atoms with van der Waals surface area (Å²) in [5.74, 6) is 2.15. The minimum absolute atomic E-state index is 0.1000. The second-order valence-corrected chi connectivity index (χ2v) is 5.61. The van der Waals surface area contributed by atoms with Gasteiger partial charge in [0.1, 0.15) is 0 Å². The average Bonchev–Trinajstić information content (AvgIpc) is 2.77. The van der Waals surface area contributed by atoms with Crippen LogP contribution in [0.1, 0.15) is 43.7 Å². The zero-order valence-corrected chi connectivity index (χ0v) is 11.4. The molecule has 1 unspecified atom stereocenters. The molecule has 1 saturated heterocycles. The van der Waals surface area contributed by atoms with Crippen LogP contribution >= 0.6 is 0 Å². The van der Waals surface area contributed by atoms with Gasteiger partial charge >= 0.3 is 0 Å². The van der Waals surface area contributed by atoms with Crippen LogP contribution in [-0.4, -0.2) is 30.3 Å². The first kappa shape index (κ1) is 13.3. The molecule has 1 aromatic rings. The van der Waals surface area contributed by atoms with Gasteiger partial charge in [0.05, 0.1) is 12.8 Å².